The summed E-state index contributed by atoms with van der Waals surface area (Å²) in [6.45, 7) is 2.39. The van der Waals surface area contributed by atoms with Crippen LogP contribution in [0.5, 0.6) is 0 Å². The monoisotopic (exact) mass is 517 g/mol. The maximum atomic E-state index is 6.65. The van der Waals surface area contributed by atoms with E-state index in [1.54, 1.807) is 5.57 Å². The molecule has 0 radical (unpaired) electrons. The molecule has 39 heavy (non-hydrogen) atoms. The second-order valence-electron chi connectivity index (χ2n) is 12.4. The first-order chi connectivity index (χ1) is 19.3. The molecule has 1 aliphatic heterocycles. The first kappa shape index (κ1) is 25.0. The van der Waals surface area contributed by atoms with Gasteiger partial charge >= 0.3 is 0 Å². The predicted octanol–water partition coefficient (Wildman–Crippen LogP) is 9.75. The Labute approximate surface area is 235 Å². The highest BCUT2D eigenvalue weighted by Crippen LogP contribution is 2.49. The van der Waals surface area contributed by atoms with Gasteiger partial charge in [-0.3, -0.25) is 0 Å². The van der Waals surface area contributed by atoms with Crippen molar-refractivity contribution in [1.29, 1.82) is 0 Å². The SMILES string of the molecule is CC1CCC(N(c2ccc(C3=CC=CCC3)cc2)C2CC=C(C3C=CCCC3)CC2)=C2C3=CCCC=C3OC21. The Bertz CT molecular complexity index is 1310. The number of ether oxygens (including phenoxy) is 1. The Morgan fingerprint density at radius 3 is 2.51 bits per heavy atom. The molecule has 4 atom stereocenters. The van der Waals surface area contributed by atoms with Gasteiger partial charge in [0.05, 0.1) is 0 Å². The zero-order valence-electron chi connectivity index (χ0n) is 23.6. The molecule has 1 aromatic rings. The molecular weight excluding hydrogens is 474 g/mol. The van der Waals surface area contributed by atoms with Crippen molar-refractivity contribution in [3.05, 3.63) is 107 Å². The van der Waals surface area contributed by atoms with Crippen LogP contribution in [0.3, 0.4) is 0 Å². The lowest BCUT2D eigenvalue weighted by molar-refractivity contribution is 0.120. The molecule has 202 valence electrons. The van der Waals surface area contributed by atoms with E-state index in [2.05, 4.69) is 84.7 Å². The summed E-state index contributed by atoms with van der Waals surface area (Å²) in [6, 6.07) is 10.0. The fourth-order valence-corrected chi connectivity index (χ4v) is 7.78. The standard InChI is InChI=1S/C37H43NO/c1-26-16-25-34(36-33-14-8-9-15-35(33)39-37(26)36)38(31-21-17-29(18-22-31)27-10-4-2-5-11-27)32-23-19-30(20-24-32)28-12-6-3-7-13-28/h2,4,6,10,12,14-15,17-19,21-22,26,28,32,37H,3,5,7-9,11,13,16,20,23-25H2,1H3. The van der Waals surface area contributed by atoms with E-state index in [0.717, 1.165) is 44.3 Å². The highest BCUT2D eigenvalue weighted by Gasteiger charge is 2.43. The van der Waals surface area contributed by atoms with E-state index in [4.69, 9.17) is 4.74 Å². The number of fused-ring (bicyclic) bond motifs is 3. The van der Waals surface area contributed by atoms with Crippen LogP contribution in [0.4, 0.5) is 5.69 Å². The molecule has 2 nitrogen and oxygen atoms in total. The molecule has 1 heterocycles. The fraction of sp³-hybridized carbons (Fsp3) is 0.459. The molecule has 5 aliphatic carbocycles. The third-order valence-corrected chi connectivity index (χ3v) is 9.94. The van der Waals surface area contributed by atoms with E-state index in [9.17, 15) is 0 Å². The summed E-state index contributed by atoms with van der Waals surface area (Å²) in [5.41, 5.74) is 10.3. The number of hydrogen-bond donors (Lipinski definition) is 0. The topological polar surface area (TPSA) is 12.5 Å². The first-order valence-electron chi connectivity index (χ1n) is 15.7. The highest BCUT2D eigenvalue weighted by molar-refractivity contribution is 5.71. The van der Waals surface area contributed by atoms with Crippen LogP contribution < -0.4 is 4.90 Å². The minimum Gasteiger partial charge on any atom is -0.485 e. The summed E-state index contributed by atoms with van der Waals surface area (Å²) in [5.74, 6) is 2.38. The average Bonchev–Trinajstić information content (AvgIpc) is 3.41. The van der Waals surface area contributed by atoms with Crippen LogP contribution in [0.25, 0.3) is 5.57 Å². The van der Waals surface area contributed by atoms with Crippen molar-refractivity contribution in [1.82, 2.24) is 0 Å². The van der Waals surface area contributed by atoms with Crippen LogP contribution in [0.1, 0.15) is 89.5 Å². The van der Waals surface area contributed by atoms with Crippen molar-refractivity contribution in [2.45, 2.75) is 96.1 Å². The van der Waals surface area contributed by atoms with Gasteiger partial charge in [-0.15, -0.1) is 0 Å². The van der Waals surface area contributed by atoms with Gasteiger partial charge in [0.15, 0.2) is 0 Å². The maximum absolute atomic E-state index is 6.65. The number of anilines is 1. The number of nitrogens with zero attached hydrogens (tertiary/aromatic N) is 1. The minimum absolute atomic E-state index is 0.201. The predicted molar refractivity (Wildman–Crippen MR) is 163 cm³/mol. The molecule has 0 amide bonds. The summed E-state index contributed by atoms with van der Waals surface area (Å²) in [5, 5.41) is 0. The largest absolute Gasteiger partial charge is 0.485 e. The van der Waals surface area contributed by atoms with Crippen molar-refractivity contribution in [2.24, 2.45) is 11.8 Å². The minimum atomic E-state index is 0.201. The summed E-state index contributed by atoms with van der Waals surface area (Å²) in [6.07, 6.45) is 33.6. The van der Waals surface area contributed by atoms with Gasteiger partial charge in [0.2, 0.25) is 0 Å². The van der Waals surface area contributed by atoms with Crippen LogP contribution in [0.2, 0.25) is 0 Å². The zero-order chi connectivity index (χ0) is 26.2. The number of benzene rings is 1. The number of rotatable bonds is 5. The number of allylic oxidation sites excluding steroid dienone is 11. The van der Waals surface area contributed by atoms with Gasteiger partial charge in [0.25, 0.3) is 0 Å². The first-order valence-corrected chi connectivity index (χ1v) is 15.7. The van der Waals surface area contributed by atoms with E-state index in [1.807, 2.05) is 0 Å². The molecule has 4 unspecified atom stereocenters. The molecule has 1 aromatic carbocycles. The van der Waals surface area contributed by atoms with Crippen molar-refractivity contribution in [3.63, 3.8) is 0 Å². The second kappa shape index (κ2) is 10.9. The number of hydrogen-bond acceptors (Lipinski definition) is 2. The van der Waals surface area contributed by atoms with E-state index < -0.39 is 0 Å². The lowest BCUT2D eigenvalue weighted by atomic mass is 9.79. The molecule has 1 fully saturated rings. The van der Waals surface area contributed by atoms with Crippen molar-refractivity contribution >= 4 is 11.3 Å². The quantitative estimate of drug-likeness (QED) is 0.360. The van der Waals surface area contributed by atoms with Gasteiger partial charge in [-0.05, 0) is 118 Å². The molecule has 7 rings (SSSR count). The maximum Gasteiger partial charge on any atom is 0.129 e. The lowest BCUT2D eigenvalue weighted by Crippen LogP contribution is -2.40. The Morgan fingerprint density at radius 1 is 0.846 bits per heavy atom. The average molecular weight is 518 g/mol. The lowest BCUT2D eigenvalue weighted by Gasteiger charge is -2.42. The van der Waals surface area contributed by atoms with Gasteiger partial charge in [-0.2, -0.15) is 0 Å². The summed E-state index contributed by atoms with van der Waals surface area (Å²) in [7, 11) is 0. The van der Waals surface area contributed by atoms with Crippen molar-refractivity contribution in [2.75, 3.05) is 4.90 Å². The Kier molecular flexibility index (Phi) is 6.97. The van der Waals surface area contributed by atoms with Crippen LogP contribution in [0, 0.1) is 11.8 Å². The highest BCUT2D eigenvalue weighted by atomic mass is 16.5. The Morgan fingerprint density at radius 2 is 1.74 bits per heavy atom. The molecule has 2 heteroatoms. The van der Waals surface area contributed by atoms with Crippen LogP contribution in [-0.4, -0.2) is 12.1 Å². The molecule has 0 spiro atoms. The van der Waals surface area contributed by atoms with Crippen LogP contribution in [-0.2, 0) is 4.74 Å². The van der Waals surface area contributed by atoms with Crippen molar-refractivity contribution in [3.8, 4) is 0 Å². The normalized spacial score (nSPS) is 30.0. The Balaban J connectivity index is 1.27. The molecule has 1 saturated heterocycles. The fourth-order valence-electron chi connectivity index (χ4n) is 7.78. The van der Waals surface area contributed by atoms with Gasteiger partial charge in [-0.25, -0.2) is 0 Å². The smallest absolute Gasteiger partial charge is 0.129 e. The van der Waals surface area contributed by atoms with E-state index in [-0.39, 0.29) is 6.10 Å². The molecule has 0 aromatic heterocycles. The van der Waals surface area contributed by atoms with Gasteiger partial charge < -0.3 is 9.64 Å². The summed E-state index contributed by atoms with van der Waals surface area (Å²) >= 11 is 0. The zero-order valence-corrected chi connectivity index (χ0v) is 23.6. The van der Waals surface area contributed by atoms with E-state index in [0.29, 0.717) is 17.9 Å². The van der Waals surface area contributed by atoms with Gasteiger partial charge in [0, 0.05) is 28.6 Å². The van der Waals surface area contributed by atoms with Crippen LogP contribution in [0.15, 0.2) is 101 Å². The summed E-state index contributed by atoms with van der Waals surface area (Å²) in [4.78, 5) is 2.76. The molecular formula is C37H43NO. The van der Waals surface area contributed by atoms with Crippen molar-refractivity contribution < 1.29 is 4.74 Å². The Hall–Kier alpha value is -3.00. The second-order valence-corrected chi connectivity index (χ2v) is 12.4. The van der Waals surface area contributed by atoms with E-state index >= 15 is 0 Å². The van der Waals surface area contributed by atoms with Gasteiger partial charge in [-0.1, -0.05) is 67.2 Å². The molecule has 0 saturated carbocycles. The third kappa shape index (κ3) is 4.81. The molecule has 0 bridgehead atoms. The molecule has 0 N–H and O–H groups in total. The summed E-state index contributed by atoms with van der Waals surface area (Å²) < 4.78 is 6.65. The third-order valence-electron chi connectivity index (χ3n) is 9.94. The molecule has 6 aliphatic rings. The van der Waals surface area contributed by atoms with E-state index in [1.165, 1.54) is 72.2 Å². The van der Waals surface area contributed by atoms with Crippen LogP contribution >= 0.6 is 0 Å². The van der Waals surface area contributed by atoms with Gasteiger partial charge in [0.1, 0.15) is 11.9 Å².